The van der Waals surface area contributed by atoms with Gasteiger partial charge in [-0.3, -0.25) is 0 Å². The Bertz CT molecular complexity index is 371. The van der Waals surface area contributed by atoms with Crippen LogP contribution >= 0.6 is 11.6 Å². The molecule has 0 nitrogen and oxygen atoms in total. The minimum absolute atomic E-state index is 0.265. The van der Waals surface area contributed by atoms with Crippen molar-refractivity contribution < 1.29 is 4.39 Å². The molecule has 0 aromatic heterocycles. The van der Waals surface area contributed by atoms with E-state index in [4.69, 9.17) is 11.6 Å². The topological polar surface area (TPSA) is 0 Å². The third-order valence-corrected chi connectivity index (χ3v) is 3.64. The Kier molecular flexibility index (Phi) is 3.01. The fraction of sp³-hybridized carbons (Fsp3) is 0.538. The smallest absolute Gasteiger partial charge is 0.142 e. The molecule has 1 aliphatic rings. The molecule has 1 unspecified atom stereocenters. The summed E-state index contributed by atoms with van der Waals surface area (Å²) in [6.45, 7) is 4.44. The number of benzene rings is 1. The van der Waals surface area contributed by atoms with Crippen molar-refractivity contribution in [3.63, 3.8) is 0 Å². The Labute approximate surface area is 95.4 Å². The summed E-state index contributed by atoms with van der Waals surface area (Å²) in [6, 6.07) is 3.45. The van der Waals surface area contributed by atoms with Crippen molar-refractivity contribution in [2.24, 2.45) is 5.92 Å². The van der Waals surface area contributed by atoms with Crippen molar-refractivity contribution in [3.8, 4) is 0 Å². The standard InChI is InChI=1S/C13H16ClF/c1-8(2)10-5-3-4-9-6-13(15)12(14)7-11(9)10/h6-8,10H,3-5H2,1-2H3. The fourth-order valence-electron chi connectivity index (χ4n) is 2.53. The molecule has 1 atom stereocenters. The van der Waals surface area contributed by atoms with Crippen LogP contribution < -0.4 is 0 Å². The average molecular weight is 227 g/mol. The highest BCUT2D eigenvalue weighted by Gasteiger charge is 2.24. The Morgan fingerprint density at radius 2 is 2.13 bits per heavy atom. The van der Waals surface area contributed by atoms with Crippen LogP contribution in [0, 0.1) is 11.7 Å². The first-order valence-electron chi connectivity index (χ1n) is 5.57. The molecule has 1 aliphatic carbocycles. The van der Waals surface area contributed by atoms with Gasteiger partial charge in [-0.25, -0.2) is 4.39 Å². The van der Waals surface area contributed by atoms with E-state index in [1.807, 2.05) is 6.07 Å². The Hall–Kier alpha value is -0.560. The number of hydrogen-bond acceptors (Lipinski definition) is 0. The van der Waals surface area contributed by atoms with E-state index in [9.17, 15) is 4.39 Å². The molecule has 2 heteroatoms. The highest BCUT2D eigenvalue weighted by Crippen LogP contribution is 2.38. The van der Waals surface area contributed by atoms with Crippen LogP contribution in [-0.2, 0) is 6.42 Å². The maximum Gasteiger partial charge on any atom is 0.142 e. The molecule has 0 aliphatic heterocycles. The molecule has 1 aromatic rings. The number of halogens is 2. The lowest BCUT2D eigenvalue weighted by Crippen LogP contribution is -2.15. The fourth-order valence-corrected chi connectivity index (χ4v) is 2.70. The zero-order valence-electron chi connectivity index (χ0n) is 9.19. The maximum absolute atomic E-state index is 13.3. The van der Waals surface area contributed by atoms with E-state index in [0.717, 1.165) is 18.4 Å². The van der Waals surface area contributed by atoms with Crippen LogP contribution in [0.5, 0.6) is 0 Å². The van der Waals surface area contributed by atoms with Crippen LogP contribution in [0.1, 0.15) is 43.7 Å². The average Bonchev–Trinajstić information content (AvgIpc) is 2.18. The Morgan fingerprint density at radius 3 is 2.80 bits per heavy atom. The van der Waals surface area contributed by atoms with E-state index in [0.29, 0.717) is 11.8 Å². The van der Waals surface area contributed by atoms with Crippen molar-refractivity contribution >= 4 is 11.6 Å². The van der Waals surface area contributed by atoms with E-state index in [1.54, 1.807) is 6.07 Å². The van der Waals surface area contributed by atoms with Crippen molar-refractivity contribution in [1.29, 1.82) is 0 Å². The third-order valence-electron chi connectivity index (χ3n) is 3.35. The van der Waals surface area contributed by atoms with Gasteiger partial charge in [0.15, 0.2) is 0 Å². The summed E-state index contributed by atoms with van der Waals surface area (Å²) < 4.78 is 13.3. The van der Waals surface area contributed by atoms with E-state index >= 15 is 0 Å². The molecule has 0 amide bonds. The molecule has 15 heavy (non-hydrogen) atoms. The molecule has 0 N–H and O–H groups in total. The lowest BCUT2D eigenvalue weighted by Gasteiger charge is -2.28. The van der Waals surface area contributed by atoms with E-state index in [1.165, 1.54) is 12.0 Å². The van der Waals surface area contributed by atoms with Crippen LogP contribution in [-0.4, -0.2) is 0 Å². The van der Waals surface area contributed by atoms with Gasteiger partial charge in [-0.1, -0.05) is 25.4 Å². The van der Waals surface area contributed by atoms with Crippen LogP contribution in [0.4, 0.5) is 4.39 Å². The zero-order chi connectivity index (χ0) is 11.0. The second kappa shape index (κ2) is 4.13. The van der Waals surface area contributed by atoms with Gasteiger partial charge < -0.3 is 0 Å². The molecule has 1 aromatic carbocycles. The molecule has 0 fully saturated rings. The molecule has 0 spiro atoms. The van der Waals surface area contributed by atoms with Gasteiger partial charge in [0, 0.05) is 0 Å². The van der Waals surface area contributed by atoms with Crippen LogP contribution in [0.15, 0.2) is 12.1 Å². The minimum Gasteiger partial charge on any atom is -0.205 e. The highest BCUT2D eigenvalue weighted by molar-refractivity contribution is 6.30. The van der Waals surface area contributed by atoms with Gasteiger partial charge in [-0.2, -0.15) is 0 Å². The number of aryl methyl sites for hydroxylation is 1. The van der Waals surface area contributed by atoms with Gasteiger partial charge in [0.1, 0.15) is 5.82 Å². The first-order chi connectivity index (χ1) is 7.09. The summed E-state index contributed by atoms with van der Waals surface area (Å²) in [5.41, 5.74) is 2.42. The second-order valence-electron chi connectivity index (χ2n) is 4.71. The molecule has 82 valence electrons. The summed E-state index contributed by atoms with van der Waals surface area (Å²) >= 11 is 5.84. The Balaban J connectivity index is 2.47. The Morgan fingerprint density at radius 1 is 1.40 bits per heavy atom. The largest absolute Gasteiger partial charge is 0.205 e. The molecular weight excluding hydrogens is 211 g/mol. The van der Waals surface area contributed by atoms with Gasteiger partial charge in [-0.05, 0) is 54.4 Å². The van der Waals surface area contributed by atoms with Crippen molar-refractivity contribution in [3.05, 3.63) is 34.1 Å². The minimum atomic E-state index is -0.278. The lowest BCUT2D eigenvalue weighted by atomic mass is 9.77. The quantitative estimate of drug-likeness (QED) is 0.659. The van der Waals surface area contributed by atoms with Crippen LogP contribution in [0.3, 0.4) is 0 Å². The molecular formula is C13H16ClF. The van der Waals surface area contributed by atoms with Gasteiger partial charge in [-0.15, -0.1) is 0 Å². The van der Waals surface area contributed by atoms with E-state index in [2.05, 4.69) is 13.8 Å². The summed E-state index contributed by atoms with van der Waals surface area (Å²) in [6.07, 6.45) is 3.36. The molecule has 0 heterocycles. The first kappa shape index (κ1) is 10.9. The molecule has 0 radical (unpaired) electrons. The molecule has 0 bridgehead atoms. The molecule has 0 saturated carbocycles. The predicted octanol–water partition coefficient (Wildman–Crippen LogP) is 4.56. The summed E-state index contributed by atoms with van der Waals surface area (Å²) in [4.78, 5) is 0. The molecule has 0 saturated heterocycles. The van der Waals surface area contributed by atoms with Crippen molar-refractivity contribution in [1.82, 2.24) is 0 Å². The van der Waals surface area contributed by atoms with E-state index < -0.39 is 0 Å². The maximum atomic E-state index is 13.3. The van der Waals surface area contributed by atoms with Crippen LogP contribution in [0.25, 0.3) is 0 Å². The second-order valence-corrected chi connectivity index (χ2v) is 5.12. The van der Waals surface area contributed by atoms with Gasteiger partial charge in [0.05, 0.1) is 5.02 Å². The number of rotatable bonds is 1. The summed E-state index contributed by atoms with van der Waals surface area (Å²) in [7, 11) is 0. The normalized spacial score (nSPS) is 20.5. The third kappa shape index (κ3) is 2.03. The van der Waals surface area contributed by atoms with Gasteiger partial charge >= 0.3 is 0 Å². The summed E-state index contributed by atoms with van der Waals surface area (Å²) in [5, 5.41) is 0.265. The molecule has 2 rings (SSSR count). The van der Waals surface area contributed by atoms with Crippen molar-refractivity contribution in [2.75, 3.05) is 0 Å². The van der Waals surface area contributed by atoms with Crippen molar-refractivity contribution in [2.45, 2.75) is 39.0 Å². The summed E-state index contributed by atoms with van der Waals surface area (Å²) in [5.74, 6) is 0.872. The van der Waals surface area contributed by atoms with E-state index in [-0.39, 0.29) is 10.8 Å². The van der Waals surface area contributed by atoms with Gasteiger partial charge in [0.25, 0.3) is 0 Å². The lowest BCUT2D eigenvalue weighted by molar-refractivity contribution is 0.432. The highest BCUT2D eigenvalue weighted by atomic mass is 35.5. The zero-order valence-corrected chi connectivity index (χ0v) is 9.94. The predicted molar refractivity (Wildman–Crippen MR) is 61.9 cm³/mol. The SMILES string of the molecule is CC(C)C1CCCc2cc(F)c(Cl)cc21. The monoisotopic (exact) mass is 226 g/mol. The van der Waals surface area contributed by atoms with Crippen LogP contribution in [0.2, 0.25) is 5.02 Å². The number of fused-ring (bicyclic) bond motifs is 1. The first-order valence-corrected chi connectivity index (χ1v) is 5.95. The number of hydrogen-bond donors (Lipinski definition) is 0. The van der Waals surface area contributed by atoms with Gasteiger partial charge in [0.2, 0.25) is 0 Å².